The van der Waals surface area contributed by atoms with E-state index in [4.69, 9.17) is 11.5 Å². The summed E-state index contributed by atoms with van der Waals surface area (Å²) in [7, 11) is 0. The van der Waals surface area contributed by atoms with Gasteiger partial charge in [-0.3, -0.25) is 0 Å². The number of nitrogens with two attached hydrogens (primary N) is 2. The van der Waals surface area contributed by atoms with E-state index >= 15 is 0 Å². The quantitative estimate of drug-likeness (QED) is 0.798. The third kappa shape index (κ3) is 4.80. The van der Waals surface area contributed by atoms with Crippen molar-refractivity contribution in [2.75, 3.05) is 11.5 Å². The summed E-state index contributed by atoms with van der Waals surface area (Å²) in [6, 6.07) is 12.4. The first kappa shape index (κ1) is 18.1. The highest BCUT2D eigenvalue weighted by Crippen LogP contribution is 2.17. The van der Waals surface area contributed by atoms with Gasteiger partial charge in [-0.15, -0.1) is 0 Å². The van der Waals surface area contributed by atoms with Gasteiger partial charge in [-0.2, -0.15) is 0 Å². The Bertz CT molecular complexity index is 588. The predicted molar refractivity (Wildman–Crippen MR) is 99.2 cm³/mol. The zero-order valence-corrected chi connectivity index (χ0v) is 14.4. The van der Waals surface area contributed by atoms with Crippen LogP contribution in [0.3, 0.4) is 0 Å². The van der Waals surface area contributed by atoms with Crippen molar-refractivity contribution in [3.63, 3.8) is 0 Å². The molecule has 0 atom stereocenters. The summed E-state index contributed by atoms with van der Waals surface area (Å²) in [5.74, 6) is 0. The zero-order chi connectivity index (χ0) is 16.5. The Kier molecular flexibility index (Phi) is 7.51. The maximum Gasteiger partial charge on any atom is 0.0349 e. The molecule has 0 saturated heterocycles. The molecule has 2 aromatic carbocycles. The molecule has 0 unspecified atom stereocenters. The summed E-state index contributed by atoms with van der Waals surface area (Å²) in [6.45, 7) is 8.59. The molecular weight excluding hydrogens is 268 g/mol. The molecule has 0 amide bonds. The summed E-state index contributed by atoms with van der Waals surface area (Å²) in [6.07, 6.45) is 4.23. The first-order valence-electron chi connectivity index (χ1n) is 8.30. The van der Waals surface area contributed by atoms with Gasteiger partial charge in [0.15, 0.2) is 0 Å². The van der Waals surface area contributed by atoms with E-state index in [1.807, 2.05) is 18.2 Å². The monoisotopic (exact) mass is 298 g/mol. The lowest BCUT2D eigenvalue weighted by molar-refractivity contribution is 1.04. The van der Waals surface area contributed by atoms with Crippen molar-refractivity contribution in [1.82, 2.24) is 0 Å². The van der Waals surface area contributed by atoms with Crippen molar-refractivity contribution in [3.8, 4) is 0 Å². The average Bonchev–Trinajstić information content (AvgIpc) is 2.55. The molecule has 2 rings (SSSR count). The first-order chi connectivity index (χ1) is 10.6. The van der Waals surface area contributed by atoms with Gasteiger partial charge < -0.3 is 11.5 Å². The van der Waals surface area contributed by atoms with Crippen molar-refractivity contribution in [3.05, 3.63) is 58.7 Å². The average molecular weight is 298 g/mol. The van der Waals surface area contributed by atoms with Gasteiger partial charge in [0.05, 0.1) is 0 Å². The van der Waals surface area contributed by atoms with Crippen LogP contribution < -0.4 is 11.5 Å². The fourth-order valence-electron chi connectivity index (χ4n) is 2.60. The summed E-state index contributed by atoms with van der Waals surface area (Å²) in [5.41, 5.74) is 18.8. The largest absolute Gasteiger partial charge is 0.399 e. The van der Waals surface area contributed by atoms with E-state index in [1.165, 1.54) is 22.3 Å². The highest BCUT2D eigenvalue weighted by atomic mass is 14.6. The minimum atomic E-state index is 0.921. The molecule has 120 valence electrons. The Morgan fingerprint density at radius 3 is 1.86 bits per heavy atom. The molecule has 4 N–H and O–H groups in total. The number of rotatable bonds is 4. The van der Waals surface area contributed by atoms with E-state index in [0.717, 1.165) is 37.1 Å². The van der Waals surface area contributed by atoms with Crippen LogP contribution in [-0.4, -0.2) is 0 Å². The molecule has 0 aliphatic rings. The standard InChI is InChI=1S/2C10H15N/c1-3-8-5-6-10(11)9(4-2)7-8;1-3-8-6-5-7-10(11)9(8)4-2/h2*5-7H,3-4,11H2,1-2H3. The number of benzene rings is 2. The fourth-order valence-corrected chi connectivity index (χ4v) is 2.60. The van der Waals surface area contributed by atoms with Crippen LogP contribution in [0, 0.1) is 0 Å². The van der Waals surface area contributed by atoms with Crippen LogP contribution in [0.5, 0.6) is 0 Å². The Labute approximate surface area is 135 Å². The van der Waals surface area contributed by atoms with Crippen molar-refractivity contribution < 1.29 is 0 Å². The Morgan fingerprint density at radius 2 is 1.36 bits per heavy atom. The molecule has 22 heavy (non-hydrogen) atoms. The molecule has 0 spiro atoms. The van der Waals surface area contributed by atoms with Crippen molar-refractivity contribution in [2.45, 2.75) is 53.4 Å². The molecule has 0 radical (unpaired) electrons. The zero-order valence-electron chi connectivity index (χ0n) is 14.4. The fraction of sp³-hybridized carbons (Fsp3) is 0.400. The number of hydrogen-bond acceptors (Lipinski definition) is 2. The summed E-state index contributed by atoms with van der Waals surface area (Å²) in [5, 5.41) is 0. The van der Waals surface area contributed by atoms with Crippen molar-refractivity contribution >= 4 is 11.4 Å². The molecule has 0 aliphatic carbocycles. The maximum absolute atomic E-state index is 5.81. The molecular formula is C20H30N2. The molecule has 2 aromatic rings. The normalized spacial score (nSPS) is 10.0. The lowest BCUT2D eigenvalue weighted by Crippen LogP contribution is -1.97. The Hall–Kier alpha value is -1.96. The Balaban J connectivity index is 0.000000220. The van der Waals surface area contributed by atoms with Crippen LogP contribution in [0.1, 0.15) is 49.9 Å². The summed E-state index contributed by atoms with van der Waals surface area (Å²) < 4.78 is 0. The molecule has 0 saturated carbocycles. The smallest absolute Gasteiger partial charge is 0.0349 e. The highest BCUT2D eigenvalue weighted by Gasteiger charge is 2.00. The molecule has 0 aromatic heterocycles. The van der Waals surface area contributed by atoms with E-state index in [0.29, 0.717) is 0 Å². The molecule has 0 heterocycles. The van der Waals surface area contributed by atoms with Crippen molar-refractivity contribution in [2.24, 2.45) is 0 Å². The van der Waals surface area contributed by atoms with E-state index in [1.54, 1.807) is 0 Å². The second kappa shape index (κ2) is 9.14. The summed E-state index contributed by atoms with van der Waals surface area (Å²) in [4.78, 5) is 0. The molecule has 2 nitrogen and oxygen atoms in total. The van der Waals surface area contributed by atoms with Crippen LogP contribution >= 0.6 is 0 Å². The SMILES string of the molecule is CCc1ccc(N)c(CC)c1.CCc1cccc(N)c1CC. The highest BCUT2D eigenvalue weighted by molar-refractivity contribution is 5.51. The molecule has 0 bridgehead atoms. The van der Waals surface area contributed by atoms with Crippen LogP contribution in [0.15, 0.2) is 36.4 Å². The van der Waals surface area contributed by atoms with Gasteiger partial charge in [-0.1, -0.05) is 52.0 Å². The van der Waals surface area contributed by atoms with E-state index in [2.05, 4.69) is 45.9 Å². The van der Waals surface area contributed by atoms with Crippen LogP contribution in [0.25, 0.3) is 0 Å². The third-order valence-electron chi connectivity index (χ3n) is 4.04. The van der Waals surface area contributed by atoms with Gasteiger partial charge in [-0.25, -0.2) is 0 Å². The Morgan fingerprint density at radius 1 is 0.682 bits per heavy atom. The lowest BCUT2D eigenvalue weighted by Gasteiger charge is -2.07. The molecule has 0 aliphatic heterocycles. The number of hydrogen-bond donors (Lipinski definition) is 2. The topological polar surface area (TPSA) is 52.0 Å². The van der Waals surface area contributed by atoms with E-state index < -0.39 is 0 Å². The maximum atomic E-state index is 5.81. The van der Waals surface area contributed by atoms with Crippen molar-refractivity contribution in [1.29, 1.82) is 0 Å². The number of aryl methyl sites for hydroxylation is 3. The second-order valence-electron chi connectivity index (χ2n) is 5.43. The van der Waals surface area contributed by atoms with Gasteiger partial charge in [0.25, 0.3) is 0 Å². The van der Waals surface area contributed by atoms with E-state index in [9.17, 15) is 0 Å². The second-order valence-corrected chi connectivity index (χ2v) is 5.43. The van der Waals surface area contributed by atoms with Crippen LogP contribution in [0.4, 0.5) is 11.4 Å². The minimum Gasteiger partial charge on any atom is -0.399 e. The third-order valence-corrected chi connectivity index (χ3v) is 4.04. The van der Waals surface area contributed by atoms with Gasteiger partial charge in [0, 0.05) is 11.4 Å². The van der Waals surface area contributed by atoms with E-state index in [-0.39, 0.29) is 0 Å². The minimum absolute atomic E-state index is 0.921. The lowest BCUT2D eigenvalue weighted by atomic mass is 10.0. The van der Waals surface area contributed by atoms with Gasteiger partial charge in [0.1, 0.15) is 0 Å². The number of nitrogen functional groups attached to an aromatic ring is 2. The van der Waals surface area contributed by atoms with Crippen LogP contribution in [0.2, 0.25) is 0 Å². The van der Waals surface area contributed by atoms with Gasteiger partial charge in [0.2, 0.25) is 0 Å². The molecule has 0 fully saturated rings. The number of anilines is 2. The van der Waals surface area contributed by atoms with Gasteiger partial charge >= 0.3 is 0 Å². The van der Waals surface area contributed by atoms with Crippen LogP contribution in [-0.2, 0) is 25.7 Å². The molecule has 2 heteroatoms. The predicted octanol–water partition coefficient (Wildman–Crippen LogP) is 4.79. The first-order valence-corrected chi connectivity index (χ1v) is 8.30. The van der Waals surface area contributed by atoms with Gasteiger partial charge in [-0.05, 0) is 60.1 Å². The summed E-state index contributed by atoms with van der Waals surface area (Å²) >= 11 is 0.